The SMILES string of the molecule is CCOC(=O)C1(NCC(C)C)CCCCC1C(C)C. The zero-order valence-electron chi connectivity index (χ0n) is 13.3. The molecule has 0 aromatic heterocycles. The van der Waals surface area contributed by atoms with E-state index in [0.717, 1.165) is 25.8 Å². The molecule has 1 fully saturated rings. The van der Waals surface area contributed by atoms with Gasteiger partial charge in [-0.3, -0.25) is 4.79 Å². The molecule has 0 saturated heterocycles. The summed E-state index contributed by atoms with van der Waals surface area (Å²) in [6.45, 7) is 12.0. The van der Waals surface area contributed by atoms with Gasteiger partial charge in [0.25, 0.3) is 0 Å². The summed E-state index contributed by atoms with van der Waals surface area (Å²) >= 11 is 0. The molecular formula is C16H31NO2. The van der Waals surface area contributed by atoms with Gasteiger partial charge in [-0.2, -0.15) is 0 Å². The van der Waals surface area contributed by atoms with Crippen molar-refractivity contribution in [3.63, 3.8) is 0 Å². The largest absolute Gasteiger partial charge is 0.465 e. The third-order valence-corrected chi connectivity index (χ3v) is 4.24. The van der Waals surface area contributed by atoms with E-state index in [2.05, 4.69) is 33.0 Å². The smallest absolute Gasteiger partial charge is 0.326 e. The molecular weight excluding hydrogens is 238 g/mol. The summed E-state index contributed by atoms with van der Waals surface area (Å²) < 4.78 is 5.40. The molecule has 2 unspecified atom stereocenters. The summed E-state index contributed by atoms with van der Waals surface area (Å²) in [4.78, 5) is 12.6. The first kappa shape index (κ1) is 16.5. The molecule has 0 aromatic rings. The second kappa shape index (κ2) is 7.28. The Morgan fingerprint density at radius 2 is 2.00 bits per heavy atom. The summed E-state index contributed by atoms with van der Waals surface area (Å²) in [5.41, 5.74) is -0.452. The molecule has 2 atom stereocenters. The topological polar surface area (TPSA) is 38.3 Å². The number of hydrogen-bond acceptors (Lipinski definition) is 3. The van der Waals surface area contributed by atoms with E-state index in [1.807, 2.05) is 6.92 Å². The summed E-state index contributed by atoms with van der Waals surface area (Å²) in [6, 6.07) is 0. The van der Waals surface area contributed by atoms with Crippen LogP contribution in [0.25, 0.3) is 0 Å². The van der Waals surface area contributed by atoms with Crippen molar-refractivity contribution >= 4 is 5.97 Å². The second-order valence-corrected chi connectivity index (χ2v) is 6.56. The van der Waals surface area contributed by atoms with Crippen molar-refractivity contribution in [2.24, 2.45) is 17.8 Å². The lowest BCUT2D eigenvalue weighted by Crippen LogP contribution is -2.61. The maximum atomic E-state index is 12.6. The van der Waals surface area contributed by atoms with Crippen LogP contribution in [0.2, 0.25) is 0 Å². The summed E-state index contributed by atoms with van der Waals surface area (Å²) in [5, 5.41) is 3.58. The summed E-state index contributed by atoms with van der Waals surface area (Å²) in [5.74, 6) is 1.40. The highest BCUT2D eigenvalue weighted by Gasteiger charge is 2.48. The normalized spacial score (nSPS) is 27.8. The van der Waals surface area contributed by atoms with Crippen LogP contribution in [-0.4, -0.2) is 24.7 Å². The van der Waals surface area contributed by atoms with Gasteiger partial charge in [0.1, 0.15) is 5.54 Å². The highest BCUT2D eigenvalue weighted by atomic mass is 16.5. The monoisotopic (exact) mass is 269 g/mol. The molecule has 3 heteroatoms. The predicted molar refractivity (Wildman–Crippen MR) is 79.0 cm³/mol. The molecule has 1 N–H and O–H groups in total. The van der Waals surface area contributed by atoms with Crippen molar-refractivity contribution < 1.29 is 9.53 Å². The Kier molecular flexibility index (Phi) is 6.31. The summed E-state index contributed by atoms with van der Waals surface area (Å²) in [6.07, 6.45) is 4.39. The lowest BCUT2D eigenvalue weighted by molar-refractivity contribution is -0.157. The molecule has 0 bridgehead atoms. The molecule has 1 saturated carbocycles. The van der Waals surface area contributed by atoms with Crippen LogP contribution in [0.5, 0.6) is 0 Å². The van der Waals surface area contributed by atoms with Crippen LogP contribution in [0.4, 0.5) is 0 Å². The van der Waals surface area contributed by atoms with Gasteiger partial charge in [0.15, 0.2) is 0 Å². The Labute approximate surface area is 118 Å². The fourth-order valence-electron chi connectivity index (χ4n) is 3.29. The van der Waals surface area contributed by atoms with Gasteiger partial charge in [-0.15, -0.1) is 0 Å². The van der Waals surface area contributed by atoms with Crippen LogP contribution in [-0.2, 0) is 9.53 Å². The standard InChI is InChI=1S/C16H31NO2/c1-6-19-15(18)16(17-11-12(2)3)10-8-7-9-14(16)13(4)5/h12-14,17H,6-11H2,1-5H3. The van der Waals surface area contributed by atoms with Crippen molar-refractivity contribution in [1.82, 2.24) is 5.32 Å². The van der Waals surface area contributed by atoms with Gasteiger partial charge in [-0.05, 0) is 44.1 Å². The molecule has 0 aliphatic heterocycles. The van der Waals surface area contributed by atoms with E-state index in [9.17, 15) is 4.79 Å². The number of hydrogen-bond donors (Lipinski definition) is 1. The number of carbonyl (C=O) groups is 1. The molecule has 0 radical (unpaired) electrons. The number of carbonyl (C=O) groups excluding carboxylic acids is 1. The van der Waals surface area contributed by atoms with Gasteiger partial charge >= 0.3 is 5.97 Å². The van der Waals surface area contributed by atoms with Crippen LogP contribution >= 0.6 is 0 Å². The van der Waals surface area contributed by atoms with Crippen LogP contribution < -0.4 is 5.32 Å². The number of ether oxygens (including phenoxy) is 1. The lowest BCUT2D eigenvalue weighted by Gasteiger charge is -2.45. The predicted octanol–water partition coefficient (Wildman–Crippen LogP) is 3.38. The Balaban J connectivity index is 2.95. The zero-order chi connectivity index (χ0) is 14.5. The van der Waals surface area contributed by atoms with Gasteiger partial charge in [0.05, 0.1) is 6.61 Å². The van der Waals surface area contributed by atoms with Crippen molar-refractivity contribution in [2.75, 3.05) is 13.2 Å². The van der Waals surface area contributed by atoms with E-state index in [4.69, 9.17) is 4.74 Å². The molecule has 1 rings (SSSR count). The average Bonchev–Trinajstić information content (AvgIpc) is 2.36. The molecule has 1 aliphatic carbocycles. The molecule has 3 nitrogen and oxygen atoms in total. The first-order chi connectivity index (χ1) is 8.94. The minimum absolute atomic E-state index is 0.0333. The van der Waals surface area contributed by atoms with E-state index in [1.54, 1.807) is 0 Å². The number of rotatable bonds is 6. The van der Waals surface area contributed by atoms with E-state index < -0.39 is 5.54 Å². The Morgan fingerprint density at radius 3 is 2.53 bits per heavy atom. The first-order valence-electron chi connectivity index (χ1n) is 7.86. The fourth-order valence-corrected chi connectivity index (χ4v) is 3.29. The van der Waals surface area contributed by atoms with E-state index in [-0.39, 0.29) is 5.97 Å². The minimum atomic E-state index is -0.452. The first-order valence-corrected chi connectivity index (χ1v) is 7.86. The number of nitrogens with one attached hydrogen (secondary N) is 1. The molecule has 112 valence electrons. The molecule has 0 spiro atoms. The molecule has 0 heterocycles. The van der Waals surface area contributed by atoms with E-state index >= 15 is 0 Å². The molecule has 1 aliphatic rings. The third kappa shape index (κ3) is 3.95. The van der Waals surface area contributed by atoms with Crippen molar-refractivity contribution in [2.45, 2.75) is 65.8 Å². The van der Waals surface area contributed by atoms with Crippen molar-refractivity contribution in [1.29, 1.82) is 0 Å². The quantitative estimate of drug-likeness (QED) is 0.751. The van der Waals surface area contributed by atoms with Gasteiger partial charge in [0, 0.05) is 0 Å². The number of esters is 1. The second-order valence-electron chi connectivity index (χ2n) is 6.56. The van der Waals surface area contributed by atoms with E-state index in [0.29, 0.717) is 24.4 Å². The fraction of sp³-hybridized carbons (Fsp3) is 0.938. The highest BCUT2D eigenvalue weighted by Crippen LogP contribution is 2.39. The molecule has 0 amide bonds. The maximum Gasteiger partial charge on any atom is 0.326 e. The van der Waals surface area contributed by atoms with E-state index in [1.165, 1.54) is 6.42 Å². The third-order valence-electron chi connectivity index (χ3n) is 4.24. The van der Waals surface area contributed by atoms with Gasteiger partial charge in [0.2, 0.25) is 0 Å². The van der Waals surface area contributed by atoms with Gasteiger partial charge in [-0.1, -0.05) is 40.5 Å². The maximum absolute atomic E-state index is 12.6. The summed E-state index contributed by atoms with van der Waals surface area (Å²) in [7, 11) is 0. The molecule has 0 aromatic carbocycles. The lowest BCUT2D eigenvalue weighted by atomic mass is 9.67. The van der Waals surface area contributed by atoms with Gasteiger partial charge in [-0.25, -0.2) is 0 Å². The van der Waals surface area contributed by atoms with Crippen LogP contribution in [0, 0.1) is 17.8 Å². The zero-order valence-corrected chi connectivity index (χ0v) is 13.3. The molecule has 19 heavy (non-hydrogen) atoms. The van der Waals surface area contributed by atoms with Crippen LogP contribution in [0.15, 0.2) is 0 Å². The van der Waals surface area contributed by atoms with Crippen molar-refractivity contribution in [3.05, 3.63) is 0 Å². The Morgan fingerprint density at radius 1 is 1.32 bits per heavy atom. The van der Waals surface area contributed by atoms with Gasteiger partial charge < -0.3 is 10.1 Å². The highest BCUT2D eigenvalue weighted by molar-refractivity contribution is 5.81. The van der Waals surface area contributed by atoms with Crippen molar-refractivity contribution in [3.8, 4) is 0 Å². The Hall–Kier alpha value is -0.570. The minimum Gasteiger partial charge on any atom is -0.465 e. The van der Waals surface area contributed by atoms with Crippen LogP contribution in [0.1, 0.15) is 60.3 Å². The Bertz CT molecular complexity index is 288. The van der Waals surface area contributed by atoms with Crippen LogP contribution in [0.3, 0.4) is 0 Å². The average molecular weight is 269 g/mol.